The Labute approximate surface area is 221 Å². The first-order chi connectivity index (χ1) is 9.20. The first-order valence-electron chi connectivity index (χ1n) is 5.46. The maximum absolute atomic E-state index is 10.5. The summed E-state index contributed by atoms with van der Waals surface area (Å²) in [5.74, 6) is -5.82. The number of carboxylic acid groups (broad SMARTS) is 4. The Balaban J connectivity index is -0.0000000860. The van der Waals surface area contributed by atoms with Crippen molar-refractivity contribution in [2.24, 2.45) is 0 Å². The molecule has 0 radical (unpaired) electrons. The molecule has 0 fully saturated rings. The summed E-state index contributed by atoms with van der Waals surface area (Å²) in [6.07, 6.45) is 0. The summed E-state index contributed by atoms with van der Waals surface area (Å²) < 4.78 is 0. The number of carboxylic acids is 4. The van der Waals surface area contributed by atoms with Gasteiger partial charge in [0, 0.05) is 32.7 Å². The van der Waals surface area contributed by atoms with Gasteiger partial charge in [0.15, 0.2) is 0 Å². The summed E-state index contributed by atoms with van der Waals surface area (Å²) in [7, 11) is 0. The second-order valence-electron chi connectivity index (χ2n) is 3.93. The molecule has 0 aromatic heterocycles. The van der Waals surface area contributed by atoms with Crippen molar-refractivity contribution in [2.75, 3.05) is 39.3 Å². The van der Waals surface area contributed by atoms with Crippen LogP contribution in [0.1, 0.15) is 0 Å². The molecule has 0 aliphatic carbocycles. The number of hydrogen-bond donors (Lipinski definition) is 1. The van der Waals surface area contributed by atoms with E-state index in [0.717, 1.165) is 9.80 Å². The molecule has 0 bridgehead atoms. The second-order valence-corrected chi connectivity index (χ2v) is 3.93. The molecule has 0 unspecified atom stereocenters. The Morgan fingerprint density at radius 1 is 0.593 bits per heavy atom. The van der Waals surface area contributed by atoms with Gasteiger partial charge in [0.05, 0.1) is 24.5 Å². The van der Waals surface area contributed by atoms with E-state index in [1.807, 2.05) is 0 Å². The number of carbonyl (C=O) groups excluding carboxylic acids is 3. The van der Waals surface area contributed by atoms with Crippen LogP contribution in [0.5, 0.6) is 0 Å². The summed E-state index contributed by atoms with van der Waals surface area (Å²) in [5, 5.41) is 39.8. The Morgan fingerprint density at radius 3 is 1.00 bits per heavy atom. The molecule has 0 rings (SSSR count). The standard InChI is InChI=1S/C10H16N2O8.3Na.4H2O/c13-7(14)3-11(4-8(15)16)1-2-12(5-9(17)18)6-10(19)20;;;;;;;/h1-6H2,(H,13,14)(H,15,16)(H,17,18)(H,19,20);;;;4*1H2/q;3*+1;;;;/p-3. The van der Waals surface area contributed by atoms with Crippen LogP contribution in [0.2, 0.25) is 0 Å². The molecule has 0 saturated carbocycles. The fourth-order valence-corrected chi connectivity index (χ4v) is 1.45. The summed E-state index contributed by atoms with van der Waals surface area (Å²) in [6, 6.07) is 0. The van der Waals surface area contributed by atoms with E-state index in [9.17, 15) is 34.5 Å². The van der Waals surface area contributed by atoms with E-state index >= 15 is 0 Å². The summed E-state index contributed by atoms with van der Waals surface area (Å²) >= 11 is 0. The number of hydrogen-bond acceptors (Lipinski definition) is 9. The zero-order chi connectivity index (χ0) is 15.7. The van der Waals surface area contributed by atoms with Gasteiger partial charge in [-0.2, -0.15) is 0 Å². The van der Waals surface area contributed by atoms with E-state index < -0.39 is 50.1 Å². The molecule has 146 valence electrons. The van der Waals surface area contributed by atoms with Crippen LogP contribution in [-0.2, 0) is 19.2 Å². The first kappa shape index (κ1) is 50.9. The smallest absolute Gasteiger partial charge is 0.549 e. The van der Waals surface area contributed by atoms with Crippen LogP contribution in [0.3, 0.4) is 0 Å². The van der Waals surface area contributed by atoms with Gasteiger partial charge >= 0.3 is 94.6 Å². The Hall–Kier alpha value is 0.640. The van der Waals surface area contributed by atoms with Crippen molar-refractivity contribution >= 4 is 23.9 Å². The predicted octanol–water partition coefficient (Wildman–Crippen LogP) is -18.4. The normalized spacial score (nSPS) is 7.93. The first-order valence-corrected chi connectivity index (χ1v) is 5.46. The zero-order valence-electron chi connectivity index (χ0n) is 15.4. The summed E-state index contributed by atoms with van der Waals surface area (Å²) in [4.78, 5) is 43.7. The minimum atomic E-state index is -1.52. The molecule has 0 aliphatic heterocycles. The van der Waals surface area contributed by atoms with Crippen LogP contribution < -0.4 is 104 Å². The van der Waals surface area contributed by atoms with Crippen LogP contribution in [-0.4, -0.2) is 100.0 Å². The number of aliphatic carboxylic acids is 4. The molecule has 0 saturated heterocycles. The number of carbonyl (C=O) groups is 4. The van der Waals surface area contributed by atoms with Gasteiger partial charge in [-0.05, 0) is 0 Å². The minimum absolute atomic E-state index is 0. The van der Waals surface area contributed by atoms with Gasteiger partial charge in [-0.1, -0.05) is 0 Å². The SMILES string of the molecule is O.O.O.O.O=C([O-])CN(CCN(CC(=O)[O-])CC(=O)O)CC(=O)[O-].[Na+].[Na+].[Na+]. The molecule has 0 aromatic carbocycles. The van der Waals surface area contributed by atoms with Crippen molar-refractivity contribution in [2.45, 2.75) is 0 Å². The molecule has 14 nitrogen and oxygen atoms in total. The Kier molecular flexibility index (Phi) is 54.3. The average Bonchev–Trinajstić information content (AvgIpc) is 2.22. The van der Waals surface area contributed by atoms with Gasteiger partial charge in [-0.3, -0.25) is 14.6 Å². The van der Waals surface area contributed by atoms with Crippen LogP contribution in [0.25, 0.3) is 0 Å². The van der Waals surface area contributed by atoms with Gasteiger partial charge in [-0.15, -0.1) is 0 Å². The van der Waals surface area contributed by atoms with Crippen molar-refractivity contribution < 1.29 is 150 Å². The largest absolute Gasteiger partial charge is 1.00 e. The van der Waals surface area contributed by atoms with Crippen molar-refractivity contribution in [3.63, 3.8) is 0 Å². The minimum Gasteiger partial charge on any atom is -0.549 e. The van der Waals surface area contributed by atoms with Gasteiger partial charge in [0.1, 0.15) is 0 Å². The van der Waals surface area contributed by atoms with E-state index in [4.69, 9.17) is 5.11 Å². The van der Waals surface area contributed by atoms with E-state index in [1.165, 1.54) is 0 Å². The predicted molar refractivity (Wildman–Crippen MR) is 70.0 cm³/mol. The van der Waals surface area contributed by atoms with Crippen LogP contribution in [0, 0.1) is 0 Å². The quantitative estimate of drug-likeness (QED) is 0.302. The zero-order valence-corrected chi connectivity index (χ0v) is 21.4. The third-order valence-corrected chi connectivity index (χ3v) is 2.15. The molecule has 0 heterocycles. The molecular weight excluding hydrogens is 409 g/mol. The second kappa shape index (κ2) is 28.8. The number of nitrogens with zero attached hydrogens (tertiary/aromatic N) is 2. The molecule has 17 heteroatoms. The van der Waals surface area contributed by atoms with Crippen molar-refractivity contribution in [1.82, 2.24) is 9.80 Å². The van der Waals surface area contributed by atoms with Crippen LogP contribution >= 0.6 is 0 Å². The molecule has 0 aromatic rings. The third-order valence-electron chi connectivity index (χ3n) is 2.15. The topological polar surface area (TPSA) is 290 Å². The maximum Gasteiger partial charge on any atom is 1.00 e. The van der Waals surface area contributed by atoms with E-state index in [2.05, 4.69) is 0 Å². The molecule has 9 N–H and O–H groups in total. The molecule has 0 amide bonds. The molecule has 27 heavy (non-hydrogen) atoms. The molecule has 0 atom stereocenters. The van der Waals surface area contributed by atoms with E-state index in [-0.39, 0.29) is 124 Å². The van der Waals surface area contributed by atoms with Gasteiger partial charge < -0.3 is 56.7 Å². The van der Waals surface area contributed by atoms with Crippen LogP contribution in [0.15, 0.2) is 0 Å². The summed E-state index contributed by atoms with van der Waals surface area (Å²) in [6.45, 7) is -3.00. The van der Waals surface area contributed by atoms with Crippen LogP contribution in [0.4, 0.5) is 0 Å². The Morgan fingerprint density at radius 2 is 0.815 bits per heavy atom. The monoisotopic (exact) mass is 430 g/mol. The molecule has 0 aliphatic rings. The van der Waals surface area contributed by atoms with Crippen molar-refractivity contribution in [3.05, 3.63) is 0 Å². The summed E-state index contributed by atoms with van der Waals surface area (Å²) in [5.41, 5.74) is 0. The van der Waals surface area contributed by atoms with E-state index in [1.54, 1.807) is 0 Å². The van der Waals surface area contributed by atoms with Crippen molar-refractivity contribution in [1.29, 1.82) is 0 Å². The average molecular weight is 430 g/mol. The Bertz CT molecular complexity index is 334. The molecule has 0 spiro atoms. The van der Waals surface area contributed by atoms with Gasteiger partial charge in [0.25, 0.3) is 0 Å². The third kappa shape index (κ3) is 34.5. The van der Waals surface area contributed by atoms with E-state index in [0.29, 0.717) is 0 Å². The van der Waals surface area contributed by atoms with Gasteiger partial charge in [0.2, 0.25) is 0 Å². The fraction of sp³-hybridized carbons (Fsp3) is 0.600. The maximum atomic E-state index is 10.5. The fourth-order valence-electron chi connectivity index (χ4n) is 1.45. The number of rotatable bonds is 11. The van der Waals surface area contributed by atoms with Crippen molar-refractivity contribution in [3.8, 4) is 0 Å². The molecular formula is C10H21N2Na3O12. The van der Waals surface area contributed by atoms with Gasteiger partial charge in [-0.25, -0.2) is 0 Å².